The van der Waals surface area contributed by atoms with Gasteiger partial charge in [-0.3, -0.25) is 4.79 Å². The van der Waals surface area contributed by atoms with E-state index in [-0.39, 0.29) is 12.6 Å². The van der Waals surface area contributed by atoms with Gasteiger partial charge in [0, 0.05) is 18.2 Å². The molecule has 0 aliphatic heterocycles. The van der Waals surface area contributed by atoms with Crippen molar-refractivity contribution in [2.24, 2.45) is 0 Å². The fourth-order valence-electron chi connectivity index (χ4n) is 1.97. The summed E-state index contributed by atoms with van der Waals surface area (Å²) in [4.78, 5) is 12.2. The average Bonchev–Trinajstić information content (AvgIpc) is 2.44. The molecule has 0 aliphatic rings. The normalized spacial score (nSPS) is 11.7. The molecule has 0 unspecified atom stereocenters. The van der Waals surface area contributed by atoms with E-state index >= 15 is 0 Å². The summed E-state index contributed by atoms with van der Waals surface area (Å²) >= 11 is 6.00. The second-order valence-corrected chi connectivity index (χ2v) is 7.48. The summed E-state index contributed by atoms with van der Waals surface area (Å²) in [7, 11) is -0.608. The van der Waals surface area contributed by atoms with E-state index in [9.17, 15) is 13.2 Å². The van der Waals surface area contributed by atoms with Crippen LogP contribution in [-0.2, 0) is 14.8 Å². The summed E-state index contributed by atoms with van der Waals surface area (Å²) in [6, 6.07) is 2.68. The highest BCUT2D eigenvalue weighted by molar-refractivity contribution is 7.88. The Morgan fingerprint density at radius 3 is 2.26 bits per heavy atom. The quantitative estimate of drug-likeness (QED) is 0.799. The number of nitrogens with one attached hydrogen (secondary N) is 1. The molecule has 0 saturated heterocycles. The number of halogens is 1. The molecule has 1 rings (SSSR count). The highest BCUT2D eigenvalue weighted by Gasteiger charge is 2.23. The van der Waals surface area contributed by atoms with Crippen LogP contribution in [0.5, 0.6) is 11.5 Å². The molecule has 1 aromatic carbocycles. The van der Waals surface area contributed by atoms with Crippen molar-refractivity contribution >= 4 is 33.2 Å². The van der Waals surface area contributed by atoms with Gasteiger partial charge in [-0.05, 0) is 13.8 Å². The van der Waals surface area contributed by atoms with Crippen molar-refractivity contribution < 1.29 is 22.7 Å². The molecule has 1 amide bonds. The third-order valence-corrected chi connectivity index (χ3v) is 4.75. The zero-order valence-electron chi connectivity index (χ0n) is 13.7. The van der Waals surface area contributed by atoms with E-state index in [1.54, 1.807) is 13.8 Å². The van der Waals surface area contributed by atoms with Gasteiger partial charge in [-0.1, -0.05) is 11.6 Å². The monoisotopic (exact) mass is 364 g/mol. The number of methoxy groups -OCH3 is 2. The van der Waals surface area contributed by atoms with Crippen LogP contribution in [0.15, 0.2) is 12.1 Å². The van der Waals surface area contributed by atoms with Crippen LogP contribution < -0.4 is 14.8 Å². The molecule has 7 nitrogen and oxygen atoms in total. The smallest absolute Gasteiger partial charge is 0.239 e. The van der Waals surface area contributed by atoms with E-state index in [4.69, 9.17) is 21.1 Å². The molecule has 1 aromatic rings. The maximum Gasteiger partial charge on any atom is 0.239 e. The summed E-state index contributed by atoms with van der Waals surface area (Å²) < 4.78 is 34.8. The van der Waals surface area contributed by atoms with E-state index in [2.05, 4.69) is 5.32 Å². The number of carbonyl (C=O) groups excluding carboxylic acids is 1. The Morgan fingerprint density at radius 2 is 1.83 bits per heavy atom. The van der Waals surface area contributed by atoms with Crippen molar-refractivity contribution in [2.45, 2.75) is 19.9 Å². The number of amides is 1. The Kier molecular flexibility index (Phi) is 6.67. The zero-order valence-corrected chi connectivity index (χ0v) is 15.3. The number of hydrogen-bond acceptors (Lipinski definition) is 5. The highest BCUT2D eigenvalue weighted by Crippen LogP contribution is 2.35. The first-order chi connectivity index (χ1) is 10.6. The van der Waals surface area contributed by atoms with Crippen LogP contribution in [0, 0.1) is 0 Å². The number of ether oxygens (including phenoxy) is 2. The molecule has 0 spiro atoms. The number of benzene rings is 1. The number of carbonyl (C=O) groups is 1. The standard InChI is InChI=1S/C14H21ClN2O5S/c1-9(2)17(23(5,19)20)8-14(18)16-11-7-12(21-3)10(15)6-13(11)22-4/h6-7,9H,8H2,1-5H3,(H,16,18). The van der Waals surface area contributed by atoms with Crippen LogP contribution in [0.25, 0.3) is 0 Å². The number of rotatable bonds is 7. The molecular weight excluding hydrogens is 344 g/mol. The molecule has 1 N–H and O–H groups in total. The third-order valence-electron chi connectivity index (χ3n) is 3.05. The topological polar surface area (TPSA) is 84.9 Å². The van der Waals surface area contributed by atoms with Gasteiger partial charge in [0.25, 0.3) is 0 Å². The van der Waals surface area contributed by atoms with Crippen LogP contribution in [0.3, 0.4) is 0 Å². The van der Waals surface area contributed by atoms with Crippen molar-refractivity contribution in [3.63, 3.8) is 0 Å². The van der Waals surface area contributed by atoms with Gasteiger partial charge in [0.2, 0.25) is 15.9 Å². The molecule has 0 aliphatic carbocycles. The van der Waals surface area contributed by atoms with Crippen molar-refractivity contribution in [3.8, 4) is 11.5 Å². The molecule has 0 heterocycles. The number of nitrogens with zero attached hydrogens (tertiary/aromatic N) is 1. The average molecular weight is 365 g/mol. The van der Waals surface area contributed by atoms with Crippen LogP contribution >= 0.6 is 11.6 Å². The SMILES string of the molecule is COc1cc(NC(=O)CN(C(C)C)S(C)(=O)=O)c(OC)cc1Cl. The lowest BCUT2D eigenvalue weighted by Gasteiger charge is -2.23. The summed E-state index contributed by atoms with van der Waals surface area (Å²) in [6.45, 7) is 3.09. The summed E-state index contributed by atoms with van der Waals surface area (Å²) in [5, 5.41) is 2.95. The molecule has 0 saturated carbocycles. The minimum atomic E-state index is -3.49. The van der Waals surface area contributed by atoms with Gasteiger partial charge in [-0.25, -0.2) is 8.42 Å². The third kappa shape index (κ3) is 5.26. The number of anilines is 1. The van der Waals surface area contributed by atoms with E-state index in [0.29, 0.717) is 22.2 Å². The van der Waals surface area contributed by atoms with E-state index < -0.39 is 15.9 Å². The predicted octanol–water partition coefficient (Wildman–Crippen LogP) is 1.97. The van der Waals surface area contributed by atoms with Crippen molar-refractivity contribution in [2.75, 3.05) is 32.3 Å². The largest absolute Gasteiger partial charge is 0.495 e. The molecule has 130 valence electrons. The number of sulfonamides is 1. The molecule has 0 bridgehead atoms. The van der Waals surface area contributed by atoms with Crippen LogP contribution in [-0.4, -0.2) is 51.7 Å². The lowest BCUT2D eigenvalue weighted by molar-refractivity contribution is -0.116. The molecule has 0 fully saturated rings. The number of hydrogen-bond donors (Lipinski definition) is 1. The van der Waals surface area contributed by atoms with Crippen LogP contribution in [0.4, 0.5) is 5.69 Å². The molecule has 9 heteroatoms. The van der Waals surface area contributed by atoms with Gasteiger partial charge in [-0.2, -0.15) is 4.31 Å². The Bertz CT molecular complexity index is 676. The lowest BCUT2D eigenvalue weighted by Crippen LogP contribution is -2.41. The van der Waals surface area contributed by atoms with Gasteiger partial charge in [0.15, 0.2) is 0 Å². The van der Waals surface area contributed by atoms with E-state index in [0.717, 1.165) is 10.6 Å². The lowest BCUT2D eigenvalue weighted by atomic mass is 10.2. The first-order valence-corrected chi connectivity index (χ1v) is 9.01. The van der Waals surface area contributed by atoms with Gasteiger partial charge in [-0.15, -0.1) is 0 Å². The van der Waals surface area contributed by atoms with Crippen molar-refractivity contribution in [1.82, 2.24) is 4.31 Å². The summed E-state index contributed by atoms with van der Waals surface area (Å²) in [5.41, 5.74) is 0.343. The summed E-state index contributed by atoms with van der Waals surface area (Å²) in [6.07, 6.45) is 1.06. The maximum absolute atomic E-state index is 12.2. The maximum atomic E-state index is 12.2. The first-order valence-electron chi connectivity index (χ1n) is 6.78. The second kappa shape index (κ2) is 7.85. The van der Waals surface area contributed by atoms with E-state index in [1.807, 2.05) is 0 Å². The molecule has 0 atom stereocenters. The van der Waals surface area contributed by atoms with E-state index in [1.165, 1.54) is 26.4 Å². The first kappa shape index (κ1) is 19.5. The van der Waals surface area contributed by atoms with Gasteiger partial charge in [0.05, 0.1) is 37.7 Å². The minimum absolute atomic E-state index is 0.301. The zero-order chi connectivity index (χ0) is 17.8. The van der Waals surface area contributed by atoms with Crippen LogP contribution in [0.2, 0.25) is 5.02 Å². The fourth-order valence-corrected chi connectivity index (χ4v) is 3.32. The Balaban J connectivity index is 3.01. The van der Waals surface area contributed by atoms with Gasteiger partial charge >= 0.3 is 0 Å². The Hall–Kier alpha value is -1.51. The minimum Gasteiger partial charge on any atom is -0.495 e. The molecule has 0 radical (unpaired) electrons. The van der Waals surface area contributed by atoms with Crippen molar-refractivity contribution in [3.05, 3.63) is 17.2 Å². The fraction of sp³-hybridized carbons (Fsp3) is 0.500. The molecular formula is C14H21ClN2O5S. The Labute approximate surface area is 141 Å². The second-order valence-electron chi connectivity index (χ2n) is 5.14. The molecule has 0 aromatic heterocycles. The van der Waals surface area contributed by atoms with Crippen molar-refractivity contribution in [1.29, 1.82) is 0 Å². The van der Waals surface area contributed by atoms with Gasteiger partial charge < -0.3 is 14.8 Å². The Morgan fingerprint density at radius 1 is 1.26 bits per heavy atom. The highest BCUT2D eigenvalue weighted by atomic mass is 35.5. The summed E-state index contributed by atoms with van der Waals surface area (Å²) in [5.74, 6) is 0.220. The predicted molar refractivity (Wildman–Crippen MR) is 89.9 cm³/mol. The molecule has 23 heavy (non-hydrogen) atoms. The van der Waals surface area contributed by atoms with Crippen LogP contribution in [0.1, 0.15) is 13.8 Å². The van der Waals surface area contributed by atoms with Gasteiger partial charge in [0.1, 0.15) is 11.5 Å².